The normalized spacial score (nSPS) is 11.9. The van der Waals surface area contributed by atoms with E-state index in [0.717, 1.165) is 0 Å². The monoisotopic (exact) mass is 302 g/mol. The number of methoxy groups -OCH3 is 1. The van der Waals surface area contributed by atoms with Crippen molar-refractivity contribution in [2.24, 2.45) is 0 Å². The van der Waals surface area contributed by atoms with Gasteiger partial charge in [0.2, 0.25) is 0 Å². The highest BCUT2D eigenvalue weighted by Crippen LogP contribution is 2.39. The van der Waals surface area contributed by atoms with Gasteiger partial charge in [0.1, 0.15) is 29.4 Å². The van der Waals surface area contributed by atoms with Crippen molar-refractivity contribution in [2.45, 2.75) is 13.5 Å². The van der Waals surface area contributed by atoms with Gasteiger partial charge in [0.15, 0.2) is 0 Å². The quantitative estimate of drug-likeness (QED) is 0.810. The Bertz CT molecular complexity index is 790. The third-order valence-corrected chi connectivity index (χ3v) is 3.34. The van der Waals surface area contributed by atoms with Gasteiger partial charge in [-0.15, -0.1) is 0 Å². The average molecular weight is 302 g/mol. The van der Waals surface area contributed by atoms with Crippen LogP contribution in [0.3, 0.4) is 0 Å². The van der Waals surface area contributed by atoms with Gasteiger partial charge in [-0.3, -0.25) is 0 Å². The summed E-state index contributed by atoms with van der Waals surface area (Å²) in [5.41, 5.74) is 0.428. The van der Waals surface area contributed by atoms with E-state index in [1.54, 1.807) is 32.2 Å². The Morgan fingerprint density at radius 2 is 2.14 bits per heavy atom. The average Bonchev–Trinajstić information content (AvgIpc) is 2.53. The highest BCUT2D eigenvalue weighted by Gasteiger charge is 2.24. The molecule has 0 N–H and O–H groups in total. The first kappa shape index (κ1) is 14.2. The van der Waals surface area contributed by atoms with Crippen LogP contribution in [0.4, 0.5) is 0 Å². The van der Waals surface area contributed by atoms with Crippen LogP contribution in [0.15, 0.2) is 33.5 Å². The molecule has 0 saturated carbocycles. The lowest BCUT2D eigenvalue weighted by atomic mass is 10.0. The minimum absolute atomic E-state index is 0.124. The highest BCUT2D eigenvalue weighted by atomic mass is 16.5. The van der Waals surface area contributed by atoms with Crippen molar-refractivity contribution in [1.82, 2.24) is 0 Å². The molecular weight excluding hydrogens is 288 g/mol. The van der Waals surface area contributed by atoms with Gasteiger partial charge in [-0.2, -0.15) is 0 Å². The summed E-state index contributed by atoms with van der Waals surface area (Å²) in [5, 5.41) is 0. The molecule has 0 fully saturated rings. The van der Waals surface area contributed by atoms with E-state index < -0.39 is 11.6 Å². The fourth-order valence-electron chi connectivity index (χ4n) is 2.29. The molecule has 114 valence electrons. The van der Waals surface area contributed by atoms with Gasteiger partial charge in [0, 0.05) is 11.6 Å². The predicted molar refractivity (Wildman–Crippen MR) is 77.3 cm³/mol. The van der Waals surface area contributed by atoms with Crippen LogP contribution in [-0.4, -0.2) is 19.7 Å². The Hall–Kier alpha value is -2.76. The van der Waals surface area contributed by atoms with Gasteiger partial charge >= 0.3 is 11.6 Å². The molecule has 0 aliphatic carbocycles. The minimum atomic E-state index is -0.721. The second kappa shape index (κ2) is 5.55. The first-order valence-corrected chi connectivity index (χ1v) is 6.79. The van der Waals surface area contributed by atoms with E-state index in [4.69, 9.17) is 18.6 Å². The lowest BCUT2D eigenvalue weighted by molar-refractivity contribution is 0.0521. The number of hydrogen-bond acceptors (Lipinski definition) is 6. The van der Waals surface area contributed by atoms with Gasteiger partial charge in [0.05, 0.1) is 19.3 Å². The molecule has 0 atom stereocenters. The van der Waals surface area contributed by atoms with Gasteiger partial charge in [-0.25, -0.2) is 9.59 Å². The molecule has 22 heavy (non-hydrogen) atoms. The fraction of sp³-hybridized carbons (Fsp3) is 0.250. The first-order chi connectivity index (χ1) is 10.6. The van der Waals surface area contributed by atoms with E-state index >= 15 is 0 Å². The van der Waals surface area contributed by atoms with Gasteiger partial charge in [0.25, 0.3) is 0 Å². The van der Waals surface area contributed by atoms with Crippen LogP contribution >= 0.6 is 0 Å². The third-order valence-electron chi connectivity index (χ3n) is 3.34. The third kappa shape index (κ3) is 2.32. The zero-order valence-corrected chi connectivity index (χ0v) is 12.2. The molecule has 3 rings (SSSR count). The summed E-state index contributed by atoms with van der Waals surface area (Å²) >= 11 is 0. The lowest BCUT2D eigenvalue weighted by Gasteiger charge is -2.20. The maximum absolute atomic E-state index is 12.0. The zero-order chi connectivity index (χ0) is 15.7. The minimum Gasteiger partial charge on any atom is -0.497 e. The number of rotatable bonds is 3. The number of hydrogen-bond donors (Lipinski definition) is 0. The van der Waals surface area contributed by atoms with E-state index in [1.165, 1.54) is 6.07 Å². The molecule has 2 aromatic rings. The van der Waals surface area contributed by atoms with Crippen LogP contribution in [-0.2, 0) is 11.3 Å². The summed E-state index contributed by atoms with van der Waals surface area (Å²) in [6, 6.07) is 6.68. The summed E-state index contributed by atoms with van der Waals surface area (Å²) in [7, 11) is 1.56. The number of carbonyl (C=O) groups is 1. The molecule has 6 heteroatoms. The van der Waals surface area contributed by atoms with Crippen molar-refractivity contribution in [1.29, 1.82) is 0 Å². The maximum atomic E-state index is 12.0. The van der Waals surface area contributed by atoms with Crippen molar-refractivity contribution >= 4 is 5.97 Å². The van der Waals surface area contributed by atoms with Crippen molar-refractivity contribution in [2.75, 3.05) is 13.7 Å². The Morgan fingerprint density at radius 1 is 1.32 bits per heavy atom. The summed E-state index contributed by atoms with van der Waals surface area (Å²) in [6.07, 6.45) is 0. The molecule has 1 aliphatic rings. The van der Waals surface area contributed by atoms with Crippen LogP contribution in [0, 0.1) is 0 Å². The Kier molecular flexibility index (Phi) is 3.58. The topological polar surface area (TPSA) is 75.0 Å². The Balaban J connectivity index is 2.09. The molecular formula is C16H14O6. The number of esters is 1. The first-order valence-electron chi connectivity index (χ1n) is 6.79. The van der Waals surface area contributed by atoms with E-state index in [9.17, 15) is 9.59 Å². The molecule has 0 amide bonds. The summed E-state index contributed by atoms with van der Waals surface area (Å²) < 4.78 is 20.9. The van der Waals surface area contributed by atoms with E-state index in [1.807, 2.05) is 0 Å². The van der Waals surface area contributed by atoms with Crippen molar-refractivity contribution in [3.05, 3.63) is 45.8 Å². The zero-order valence-electron chi connectivity index (χ0n) is 12.2. The van der Waals surface area contributed by atoms with Crippen LogP contribution in [0.2, 0.25) is 0 Å². The Labute approximate surface area is 126 Å². The van der Waals surface area contributed by atoms with Crippen LogP contribution in [0.25, 0.3) is 11.3 Å². The molecule has 1 aromatic heterocycles. The second-order valence-corrected chi connectivity index (χ2v) is 4.67. The molecule has 1 aliphatic heterocycles. The van der Waals surface area contributed by atoms with Crippen LogP contribution in [0.5, 0.6) is 11.5 Å². The molecule has 2 heterocycles. The molecule has 6 nitrogen and oxygen atoms in total. The van der Waals surface area contributed by atoms with Crippen molar-refractivity contribution < 1.29 is 23.4 Å². The van der Waals surface area contributed by atoms with Crippen molar-refractivity contribution in [3.8, 4) is 22.8 Å². The molecule has 0 spiro atoms. The van der Waals surface area contributed by atoms with E-state index in [2.05, 4.69) is 0 Å². The largest absolute Gasteiger partial charge is 0.497 e. The molecule has 0 bridgehead atoms. The highest BCUT2D eigenvalue weighted by molar-refractivity contribution is 5.89. The van der Waals surface area contributed by atoms with Crippen LogP contribution in [0.1, 0.15) is 22.8 Å². The van der Waals surface area contributed by atoms with Gasteiger partial charge in [-0.05, 0) is 25.1 Å². The number of ether oxygens (including phenoxy) is 3. The summed E-state index contributed by atoms with van der Waals surface area (Å²) in [6.45, 7) is 2.06. The van der Waals surface area contributed by atoms with Crippen molar-refractivity contribution in [3.63, 3.8) is 0 Å². The number of carbonyl (C=O) groups excluding carboxylic acids is 1. The van der Waals surface area contributed by atoms with E-state index in [-0.39, 0.29) is 18.8 Å². The lowest BCUT2D eigenvalue weighted by Crippen LogP contribution is -2.19. The predicted octanol–water partition coefficient (Wildman–Crippen LogP) is 2.38. The SMILES string of the molecule is CCOC(=O)c1cc2c(oc1=O)-c1ccc(OC)cc1OC2. The smallest absolute Gasteiger partial charge is 0.351 e. The molecule has 1 aromatic carbocycles. The number of fused-ring (bicyclic) bond motifs is 3. The summed E-state index contributed by atoms with van der Waals surface area (Å²) in [4.78, 5) is 23.7. The van der Waals surface area contributed by atoms with Gasteiger partial charge in [-0.1, -0.05) is 0 Å². The standard InChI is InChI=1S/C16H14O6/c1-3-20-15(17)12-6-9-8-21-13-7-10(19-2)4-5-11(13)14(9)22-16(12)18/h4-7H,3,8H2,1-2H3. The second-order valence-electron chi connectivity index (χ2n) is 4.67. The summed E-state index contributed by atoms with van der Waals surface area (Å²) in [5.74, 6) is 0.924. The number of benzene rings is 1. The van der Waals surface area contributed by atoms with Crippen LogP contribution < -0.4 is 15.1 Å². The molecule has 0 unspecified atom stereocenters. The Morgan fingerprint density at radius 3 is 2.86 bits per heavy atom. The molecule has 0 radical (unpaired) electrons. The van der Waals surface area contributed by atoms with Gasteiger partial charge < -0.3 is 18.6 Å². The van der Waals surface area contributed by atoms with E-state index in [0.29, 0.717) is 28.4 Å². The molecule has 0 saturated heterocycles. The fourth-order valence-corrected chi connectivity index (χ4v) is 2.29. The maximum Gasteiger partial charge on any atom is 0.351 e.